The predicted molar refractivity (Wildman–Crippen MR) is 138 cm³/mol. The Kier molecular flexibility index (Phi) is 6.23. The van der Waals surface area contributed by atoms with E-state index in [2.05, 4.69) is 32.1 Å². The minimum atomic E-state index is -1.52. The third-order valence-electron chi connectivity index (χ3n) is 7.45. The number of nitrogens with one attached hydrogen (secondary N) is 3. The number of piperazine rings is 1. The van der Waals surface area contributed by atoms with Crippen molar-refractivity contribution in [3.05, 3.63) is 62.8 Å². The van der Waals surface area contributed by atoms with Crippen LogP contribution in [0.1, 0.15) is 18.1 Å². The van der Waals surface area contributed by atoms with Gasteiger partial charge in [0.05, 0.1) is 11.7 Å². The fourth-order valence-corrected chi connectivity index (χ4v) is 5.48. The van der Waals surface area contributed by atoms with E-state index in [1.54, 1.807) is 12.1 Å². The lowest BCUT2D eigenvalue weighted by molar-refractivity contribution is -0.147. The number of urea groups is 1. The third kappa shape index (κ3) is 3.91. The number of hydrogen-bond donors (Lipinski definition) is 4. The number of rotatable bonds is 5. The van der Waals surface area contributed by atoms with Crippen LogP contribution in [0.15, 0.2) is 45.4 Å². The number of aliphatic imine (C=N–C) groups is 1. The number of fused-ring (bicyclic) bond motifs is 4. The number of nitrogens with zero attached hydrogens (tertiary/aromatic N) is 4. The summed E-state index contributed by atoms with van der Waals surface area (Å²) in [6.45, 7) is 8.10. The summed E-state index contributed by atoms with van der Waals surface area (Å²) < 4.78 is 0.948. The number of benzene rings is 1. The van der Waals surface area contributed by atoms with Crippen LogP contribution in [0, 0.1) is 5.41 Å². The highest BCUT2D eigenvalue weighted by Crippen LogP contribution is 2.45. The number of amides is 4. The standard InChI is InChI=1S/C25H27N7O6/c1-3-7-32-20(34)16(19(33)27-24(32)38)12-26-15-5-6-17-14(10-15)11-25(21(35)28-23(37)29-22(25)36)18-13-30(4-2)8-9-31(17)18/h3,5-6,10,12,18,34H,1,4,7-9,11,13H2,2H3,(H,27,33,38)(H2,28,29,35,36,37)/t18-/m1/s1. The van der Waals surface area contributed by atoms with Gasteiger partial charge in [0.25, 0.3) is 5.56 Å². The highest BCUT2D eigenvalue weighted by molar-refractivity contribution is 6.20. The molecule has 2 saturated heterocycles. The summed E-state index contributed by atoms with van der Waals surface area (Å²) in [5, 5.41) is 15.0. The molecule has 38 heavy (non-hydrogen) atoms. The average molecular weight is 522 g/mol. The molecule has 1 aromatic heterocycles. The molecule has 5 rings (SSSR count). The van der Waals surface area contributed by atoms with Gasteiger partial charge in [-0.25, -0.2) is 9.59 Å². The number of likely N-dealkylation sites (N-methyl/N-ethyl adjacent to an activating group) is 1. The maximum atomic E-state index is 13.3. The zero-order chi connectivity index (χ0) is 27.2. The van der Waals surface area contributed by atoms with E-state index >= 15 is 0 Å². The van der Waals surface area contributed by atoms with E-state index in [-0.39, 0.29) is 18.5 Å². The normalized spacial score (nSPS) is 20.7. The molecule has 3 aliphatic rings. The molecule has 1 aromatic carbocycles. The van der Waals surface area contributed by atoms with Crippen LogP contribution < -0.4 is 26.8 Å². The summed E-state index contributed by atoms with van der Waals surface area (Å²) in [5.41, 5.74) is -1.37. The second-order valence-electron chi connectivity index (χ2n) is 9.45. The van der Waals surface area contributed by atoms with Crippen molar-refractivity contribution in [1.29, 1.82) is 0 Å². The first-order chi connectivity index (χ1) is 18.2. The zero-order valence-electron chi connectivity index (χ0n) is 20.7. The highest BCUT2D eigenvalue weighted by Gasteiger charge is 2.60. The topological polar surface area (TPSA) is 169 Å². The Hall–Kier alpha value is -4.52. The molecule has 0 bridgehead atoms. The molecule has 1 spiro atoms. The molecule has 13 nitrogen and oxygen atoms in total. The molecule has 2 fully saturated rings. The second-order valence-corrected chi connectivity index (χ2v) is 9.45. The number of aromatic nitrogens is 2. The van der Waals surface area contributed by atoms with Crippen LogP contribution >= 0.6 is 0 Å². The maximum absolute atomic E-state index is 13.3. The van der Waals surface area contributed by atoms with Crippen molar-refractivity contribution < 1.29 is 19.5 Å². The monoisotopic (exact) mass is 521 g/mol. The fourth-order valence-electron chi connectivity index (χ4n) is 5.48. The number of H-pyrrole nitrogens is 1. The Morgan fingerprint density at radius 1 is 1.16 bits per heavy atom. The Labute approximate surface area is 216 Å². The lowest BCUT2D eigenvalue weighted by Gasteiger charge is -2.54. The summed E-state index contributed by atoms with van der Waals surface area (Å²) in [5.74, 6) is -1.82. The van der Waals surface area contributed by atoms with Gasteiger partial charge in [-0.3, -0.25) is 44.5 Å². The summed E-state index contributed by atoms with van der Waals surface area (Å²) in [6, 6.07) is 3.96. The van der Waals surface area contributed by atoms with Crippen molar-refractivity contribution in [3.8, 4) is 5.88 Å². The number of aromatic amines is 1. The van der Waals surface area contributed by atoms with Gasteiger partial charge in [-0.1, -0.05) is 13.0 Å². The summed E-state index contributed by atoms with van der Waals surface area (Å²) in [4.78, 5) is 73.3. The minimum absolute atomic E-state index is 0.0116. The van der Waals surface area contributed by atoms with E-state index in [0.717, 1.165) is 29.6 Å². The largest absolute Gasteiger partial charge is 0.494 e. The number of anilines is 1. The summed E-state index contributed by atoms with van der Waals surface area (Å²) in [6.07, 6.45) is 2.60. The third-order valence-corrected chi connectivity index (χ3v) is 7.45. The number of carbonyl (C=O) groups excluding carboxylic acids is 3. The smallest absolute Gasteiger partial charge is 0.331 e. The summed E-state index contributed by atoms with van der Waals surface area (Å²) >= 11 is 0. The van der Waals surface area contributed by atoms with Crippen LogP contribution in [-0.4, -0.2) is 75.8 Å². The SMILES string of the molecule is C=CCn1c(O)c(C=Nc2ccc3c(c2)CC2(C(=O)NC(=O)NC2=O)[C@H]2CN(CC)CCN32)c(=O)[nH]c1=O. The van der Waals surface area contributed by atoms with Gasteiger partial charge in [0.15, 0.2) is 5.41 Å². The van der Waals surface area contributed by atoms with Gasteiger partial charge >= 0.3 is 11.7 Å². The van der Waals surface area contributed by atoms with E-state index in [4.69, 9.17) is 0 Å². The second kappa shape index (κ2) is 9.41. The maximum Gasteiger partial charge on any atom is 0.331 e. The van der Waals surface area contributed by atoms with Gasteiger partial charge in [0, 0.05) is 38.1 Å². The number of aromatic hydroxyl groups is 1. The van der Waals surface area contributed by atoms with Crippen LogP contribution in [0.2, 0.25) is 0 Å². The lowest BCUT2D eigenvalue weighted by atomic mass is 9.68. The summed E-state index contributed by atoms with van der Waals surface area (Å²) in [7, 11) is 0. The molecule has 4 N–H and O–H groups in total. The molecule has 1 atom stereocenters. The molecule has 4 amide bonds. The predicted octanol–water partition coefficient (Wildman–Crippen LogP) is -0.402. The van der Waals surface area contributed by atoms with E-state index < -0.39 is 46.4 Å². The van der Waals surface area contributed by atoms with Crippen LogP contribution in [0.3, 0.4) is 0 Å². The molecule has 0 unspecified atom stereocenters. The molecular formula is C25H27N7O6. The van der Waals surface area contributed by atoms with Gasteiger partial charge in [-0.15, -0.1) is 6.58 Å². The molecular weight excluding hydrogens is 494 g/mol. The van der Waals surface area contributed by atoms with E-state index in [9.17, 15) is 29.1 Å². The highest BCUT2D eigenvalue weighted by atomic mass is 16.3. The molecule has 2 aromatic rings. The number of hydrogen-bond acceptors (Lipinski definition) is 9. The van der Waals surface area contributed by atoms with Gasteiger partial charge in [-0.2, -0.15) is 0 Å². The van der Waals surface area contributed by atoms with Crippen molar-refractivity contribution in [1.82, 2.24) is 25.1 Å². The molecule has 0 saturated carbocycles. The van der Waals surface area contributed by atoms with Crippen molar-refractivity contribution in [2.45, 2.75) is 25.9 Å². The number of imide groups is 2. The first-order valence-electron chi connectivity index (χ1n) is 12.2. The zero-order valence-corrected chi connectivity index (χ0v) is 20.7. The molecule has 0 radical (unpaired) electrons. The van der Waals surface area contributed by atoms with Gasteiger partial charge in [-0.05, 0) is 36.7 Å². The minimum Gasteiger partial charge on any atom is -0.494 e. The number of allylic oxidation sites excluding steroid dienone is 1. The van der Waals surface area contributed by atoms with Crippen LogP contribution in [0.4, 0.5) is 16.2 Å². The van der Waals surface area contributed by atoms with E-state index in [0.29, 0.717) is 24.3 Å². The Morgan fingerprint density at radius 3 is 2.58 bits per heavy atom. The van der Waals surface area contributed by atoms with Gasteiger partial charge in [0.1, 0.15) is 5.56 Å². The van der Waals surface area contributed by atoms with Crippen molar-refractivity contribution >= 4 is 35.4 Å². The van der Waals surface area contributed by atoms with Gasteiger partial charge < -0.3 is 10.0 Å². The van der Waals surface area contributed by atoms with Crippen molar-refractivity contribution in [3.63, 3.8) is 0 Å². The molecule has 3 aliphatic heterocycles. The molecule has 13 heteroatoms. The van der Waals surface area contributed by atoms with E-state index in [1.165, 1.54) is 6.08 Å². The average Bonchev–Trinajstić information content (AvgIpc) is 2.88. The Balaban J connectivity index is 1.56. The quantitative estimate of drug-likeness (QED) is 0.234. The fraction of sp³-hybridized carbons (Fsp3) is 0.360. The van der Waals surface area contributed by atoms with Gasteiger partial charge in [0.2, 0.25) is 17.7 Å². The van der Waals surface area contributed by atoms with Crippen LogP contribution in [-0.2, 0) is 22.6 Å². The molecule has 198 valence electrons. The number of barbiturate groups is 1. The van der Waals surface area contributed by atoms with Crippen LogP contribution in [0.25, 0.3) is 0 Å². The van der Waals surface area contributed by atoms with Crippen LogP contribution in [0.5, 0.6) is 5.88 Å². The first-order valence-corrected chi connectivity index (χ1v) is 12.2. The Bertz CT molecular complexity index is 1490. The van der Waals surface area contributed by atoms with Crippen molar-refractivity contribution in [2.75, 3.05) is 31.1 Å². The van der Waals surface area contributed by atoms with E-state index in [1.807, 2.05) is 17.9 Å². The Morgan fingerprint density at radius 2 is 1.89 bits per heavy atom. The number of carbonyl (C=O) groups is 3. The lowest BCUT2D eigenvalue weighted by Crippen LogP contribution is -2.74. The molecule has 4 heterocycles. The van der Waals surface area contributed by atoms with Crippen molar-refractivity contribution in [2.24, 2.45) is 10.4 Å². The molecule has 0 aliphatic carbocycles. The first kappa shape index (κ1) is 25.1.